The van der Waals surface area contributed by atoms with Crippen LogP contribution in [0.2, 0.25) is 0 Å². The van der Waals surface area contributed by atoms with Crippen LogP contribution in [-0.2, 0) is 11.5 Å². The fraction of sp³-hybridized carbons (Fsp3) is 0.600. The summed E-state index contributed by atoms with van der Waals surface area (Å²) in [5, 5.41) is 0. The molecule has 0 fully saturated rings. The van der Waals surface area contributed by atoms with Crippen molar-refractivity contribution in [2.45, 2.75) is 19.3 Å². The molecule has 1 rings (SSSR count). The van der Waals surface area contributed by atoms with Gasteiger partial charge < -0.3 is 0 Å². The lowest BCUT2D eigenvalue weighted by Gasteiger charge is -1.82. The van der Waals surface area contributed by atoms with Crippen molar-refractivity contribution in [3.05, 3.63) is 11.8 Å². The molecular formula is C5H9NOS. The van der Waals surface area contributed by atoms with E-state index in [-0.39, 0.29) is 0 Å². The summed E-state index contributed by atoms with van der Waals surface area (Å²) >= 11 is -0.502. The molecule has 0 aliphatic heterocycles. The molecule has 0 saturated heterocycles. The van der Waals surface area contributed by atoms with Gasteiger partial charge in [0, 0.05) is 17.2 Å². The third-order valence-corrected chi connectivity index (χ3v) is 1.58. The van der Waals surface area contributed by atoms with Crippen LogP contribution >= 0.6 is 0 Å². The van der Waals surface area contributed by atoms with Gasteiger partial charge >= 0.3 is 0 Å². The molecule has 0 aromatic rings. The van der Waals surface area contributed by atoms with Gasteiger partial charge in [-0.25, -0.2) is 4.36 Å². The summed E-state index contributed by atoms with van der Waals surface area (Å²) in [7, 11) is 0. The highest BCUT2D eigenvalue weighted by Gasteiger charge is 1.99. The zero-order valence-corrected chi connectivity index (χ0v) is 5.55. The summed E-state index contributed by atoms with van der Waals surface area (Å²) in [4.78, 5) is 0. The fourth-order valence-corrected chi connectivity index (χ4v) is 1.13. The summed E-state index contributed by atoms with van der Waals surface area (Å²) in [5.74, 6) is 0. The van der Waals surface area contributed by atoms with Crippen LogP contribution in [0.4, 0.5) is 0 Å². The Kier molecular flexibility index (Phi) is 2.09. The maximum Gasteiger partial charge on any atom is 0.0459 e. The predicted octanol–water partition coefficient (Wildman–Crippen LogP) is 0.915. The Morgan fingerprint density at radius 3 is 3.12 bits per heavy atom. The molecule has 0 heterocycles. The van der Waals surface area contributed by atoms with Crippen LogP contribution in [0.15, 0.2) is 16.1 Å². The first-order valence-electron chi connectivity index (χ1n) is 2.70. The van der Waals surface area contributed by atoms with Gasteiger partial charge in [-0.3, -0.25) is 4.21 Å². The van der Waals surface area contributed by atoms with E-state index in [0.29, 0.717) is 0 Å². The third kappa shape index (κ3) is 1.33. The van der Waals surface area contributed by atoms with E-state index in [0.717, 1.165) is 18.5 Å². The van der Waals surface area contributed by atoms with Gasteiger partial charge in [-0.15, -0.1) is 0 Å². The van der Waals surface area contributed by atoms with Crippen molar-refractivity contribution < 1.29 is 4.21 Å². The van der Waals surface area contributed by atoms with Crippen molar-refractivity contribution >= 4 is 11.5 Å². The molecule has 0 spiro atoms. The summed E-state index contributed by atoms with van der Waals surface area (Å²) in [6.45, 7) is 0. The molecule has 0 bridgehead atoms. The molecule has 0 unspecified atom stereocenters. The molecule has 0 atom stereocenters. The molecule has 0 N–H and O–H groups in total. The number of rotatable bonds is 1. The van der Waals surface area contributed by atoms with Gasteiger partial charge in [-0.1, -0.05) is 6.08 Å². The van der Waals surface area contributed by atoms with E-state index in [1.807, 2.05) is 6.08 Å². The first kappa shape index (κ1) is 5.82. The van der Waals surface area contributed by atoms with Crippen LogP contribution in [0.3, 0.4) is 0 Å². The zero-order valence-electron chi connectivity index (χ0n) is 4.55. The van der Waals surface area contributed by atoms with E-state index < -0.39 is 11.5 Å². The van der Waals surface area contributed by atoms with E-state index in [2.05, 4.69) is 4.36 Å². The SMILES string of the molecule is O=[SH2]=NC1=CCCC1. The molecule has 0 saturated carbocycles. The Labute approximate surface area is 51.8 Å². The second kappa shape index (κ2) is 2.87. The molecule has 1 aliphatic carbocycles. The van der Waals surface area contributed by atoms with Crippen molar-refractivity contribution in [1.82, 2.24) is 0 Å². The topological polar surface area (TPSA) is 29.4 Å². The maximum atomic E-state index is 9.91. The quantitative estimate of drug-likeness (QED) is 0.520. The van der Waals surface area contributed by atoms with Crippen molar-refractivity contribution in [3.8, 4) is 0 Å². The Morgan fingerprint density at radius 2 is 2.62 bits per heavy atom. The van der Waals surface area contributed by atoms with Crippen LogP contribution in [0.25, 0.3) is 0 Å². The van der Waals surface area contributed by atoms with Gasteiger partial charge in [0.15, 0.2) is 0 Å². The third-order valence-electron chi connectivity index (χ3n) is 1.21. The van der Waals surface area contributed by atoms with Crippen LogP contribution in [-0.4, -0.2) is 4.21 Å². The smallest absolute Gasteiger partial charge is 0.0459 e. The van der Waals surface area contributed by atoms with Crippen LogP contribution < -0.4 is 0 Å². The molecule has 0 aromatic carbocycles. The first-order chi connectivity index (χ1) is 3.93. The van der Waals surface area contributed by atoms with Gasteiger partial charge in [-0.2, -0.15) is 0 Å². The molecular weight excluding hydrogens is 122 g/mol. The number of hydrogen-bond acceptors (Lipinski definition) is 2. The normalized spacial score (nSPS) is 19.8. The highest BCUT2D eigenvalue weighted by atomic mass is 32.1. The minimum atomic E-state index is -0.502. The van der Waals surface area contributed by atoms with E-state index in [1.165, 1.54) is 6.42 Å². The minimum absolute atomic E-state index is 0.502. The van der Waals surface area contributed by atoms with Crippen molar-refractivity contribution in [2.75, 3.05) is 0 Å². The monoisotopic (exact) mass is 131 g/mol. The Hall–Kier alpha value is -0.310. The largest absolute Gasteiger partial charge is 0.256 e. The second-order valence-corrected chi connectivity index (χ2v) is 2.20. The van der Waals surface area contributed by atoms with Crippen LogP contribution in [0.1, 0.15) is 19.3 Å². The molecule has 8 heavy (non-hydrogen) atoms. The lowest BCUT2D eigenvalue weighted by molar-refractivity contribution is 0.697. The highest BCUT2D eigenvalue weighted by molar-refractivity contribution is 7.54. The minimum Gasteiger partial charge on any atom is -0.256 e. The van der Waals surface area contributed by atoms with Crippen molar-refractivity contribution in [3.63, 3.8) is 0 Å². The average Bonchev–Trinajstić information content (AvgIpc) is 2.19. The fourth-order valence-electron chi connectivity index (χ4n) is 0.814. The molecule has 0 amide bonds. The number of allylic oxidation sites excluding steroid dienone is 2. The zero-order chi connectivity index (χ0) is 5.82. The highest BCUT2D eigenvalue weighted by Crippen LogP contribution is 2.17. The molecule has 0 radical (unpaired) electrons. The van der Waals surface area contributed by atoms with E-state index in [9.17, 15) is 4.21 Å². The number of nitrogens with zero attached hydrogens (tertiary/aromatic N) is 1. The van der Waals surface area contributed by atoms with Crippen LogP contribution in [0, 0.1) is 0 Å². The lowest BCUT2D eigenvalue weighted by atomic mass is 10.3. The average molecular weight is 131 g/mol. The standard InChI is InChI=1S/C5H9NOS/c7-8-6-5-3-1-2-4-5/h3H,1-2,4,8H2. The molecule has 3 heteroatoms. The summed E-state index contributed by atoms with van der Waals surface area (Å²) in [5.41, 5.74) is 1.03. The van der Waals surface area contributed by atoms with Crippen molar-refractivity contribution in [1.29, 1.82) is 0 Å². The Balaban J connectivity index is 2.57. The summed E-state index contributed by atoms with van der Waals surface area (Å²) in [6, 6.07) is 0. The second-order valence-electron chi connectivity index (χ2n) is 1.79. The van der Waals surface area contributed by atoms with Crippen LogP contribution in [0.5, 0.6) is 0 Å². The van der Waals surface area contributed by atoms with Gasteiger partial charge in [0.1, 0.15) is 0 Å². The maximum absolute atomic E-state index is 9.91. The Bertz CT molecular complexity index is 158. The Morgan fingerprint density at radius 1 is 1.75 bits per heavy atom. The molecule has 0 aromatic heterocycles. The molecule has 1 aliphatic rings. The first-order valence-corrected chi connectivity index (χ1v) is 3.56. The van der Waals surface area contributed by atoms with Gasteiger partial charge in [-0.05, 0) is 19.3 Å². The number of hydrogen-bond donors (Lipinski definition) is 0. The van der Waals surface area contributed by atoms with Crippen molar-refractivity contribution in [2.24, 2.45) is 4.36 Å². The van der Waals surface area contributed by atoms with Gasteiger partial charge in [0.05, 0.1) is 0 Å². The van der Waals surface area contributed by atoms with E-state index in [4.69, 9.17) is 0 Å². The van der Waals surface area contributed by atoms with Gasteiger partial charge in [0.2, 0.25) is 0 Å². The predicted molar refractivity (Wildman–Crippen MR) is 35.3 cm³/mol. The molecule has 46 valence electrons. The van der Waals surface area contributed by atoms with E-state index >= 15 is 0 Å². The molecule has 2 nitrogen and oxygen atoms in total. The van der Waals surface area contributed by atoms with Gasteiger partial charge in [0.25, 0.3) is 0 Å². The summed E-state index contributed by atoms with van der Waals surface area (Å²) < 4.78 is 13.7. The lowest BCUT2D eigenvalue weighted by Crippen LogP contribution is -1.64. The van der Waals surface area contributed by atoms with E-state index in [1.54, 1.807) is 0 Å². The summed E-state index contributed by atoms with van der Waals surface area (Å²) in [6.07, 6.45) is 5.37.